The van der Waals surface area contributed by atoms with E-state index in [9.17, 15) is 4.79 Å². The van der Waals surface area contributed by atoms with Gasteiger partial charge in [-0.3, -0.25) is 4.79 Å². The Kier molecular flexibility index (Phi) is 4.30. The minimum Gasteiger partial charge on any atom is -0.384 e. The van der Waals surface area contributed by atoms with E-state index in [0.29, 0.717) is 6.54 Å². The highest BCUT2D eigenvalue weighted by molar-refractivity contribution is 5.38. The van der Waals surface area contributed by atoms with Gasteiger partial charge in [0.05, 0.1) is 18.4 Å². The van der Waals surface area contributed by atoms with Crippen molar-refractivity contribution in [1.29, 1.82) is 0 Å². The van der Waals surface area contributed by atoms with Crippen LogP contribution in [-0.4, -0.2) is 41.9 Å². The molecule has 84 valence electrons. The number of anilines is 1. The molecule has 0 saturated heterocycles. The molecule has 1 aromatic heterocycles. The zero-order chi connectivity index (χ0) is 11.3. The molecule has 1 heterocycles. The highest BCUT2D eigenvalue weighted by atomic mass is 16.1. The summed E-state index contributed by atoms with van der Waals surface area (Å²) >= 11 is 0. The third-order valence-corrected chi connectivity index (χ3v) is 2.01. The van der Waals surface area contributed by atoms with Crippen LogP contribution in [0.3, 0.4) is 0 Å². The van der Waals surface area contributed by atoms with E-state index in [0.717, 1.165) is 18.8 Å². The minimum absolute atomic E-state index is 0.0599. The molecular weight excluding hydrogens is 192 g/mol. The van der Waals surface area contributed by atoms with Crippen molar-refractivity contribution in [1.82, 2.24) is 14.7 Å². The Bertz CT molecular complexity index is 359. The van der Waals surface area contributed by atoms with Gasteiger partial charge in [-0.05, 0) is 21.0 Å². The van der Waals surface area contributed by atoms with Gasteiger partial charge in [0.15, 0.2) is 0 Å². The highest BCUT2D eigenvalue weighted by Gasteiger charge is 1.99. The molecular formula is C10H18N4O. The fraction of sp³-hybridized carbons (Fsp3) is 0.600. The molecule has 0 saturated carbocycles. The number of rotatable bonds is 5. The first-order valence-corrected chi connectivity index (χ1v) is 5.09. The maximum absolute atomic E-state index is 11.6. The Labute approximate surface area is 89.7 Å². The van der Waals surface area contributed by atoms with E-state index in [1.165, 1.54) is 4.68 Å². The number of aromatic nitrogens is 2. The van der Waals surface area contributed by atoms with Gasteiger partial charge < -0.3 is 10.2 Å². The average molecular weight is 210 g/mol. The summed E-state index contributed by atoms with van der Waals surface area (Å²) in [7, 11) is 3.94. The Balaban J connectivity index is 2.70. The summed E-state index contributed by atoms with van der Waals surface area (Å²) in [6, 6.07) is 1.58. The molecule has 0 bridgehead atoms. The minimum atomic E-state index is -0.0599. The molecule has 15 heavy (non-hydrogen) atoms. The van der Waals surface area contributed by atoms with Crippen LogP contribution in [0, 0.1) is 0 Å². The van der Waals surface area contributed by atoms with Gasteiger partial charge in [-0.25, -0.2) is 4.68 Å². The Morgan fingerprint density at radius 2 is 2.27 bits per heavy atom. The summed E-state index contributed by atoms with van der Waals surface area (Å²) < 4.78 is 1.47. The molecule has 0 spiro atoms. The molecule has 0 amide bonds. The predicted molar refractivity (Wildman–Crippen MR) is 61.2 cm³/mol. The standard InChI is InChI=1S/C10H18N4O/c1-4-11-9-7-10(15)14(12-8-9)6-5-13(2)3/h7-8,11H,4-6H2,1-3H3. The molecule has 0 aromatic carbocycles. The zero-order valence-electron chi connectivity index (χ0n) is 9.53. The first kappa shape index (κ1) is 11.7. The lowest BCUT2D eigenvalue weighted by molar-refractivity contribution is 0.367. The van der Waals surface area contributed by atoms with Crippen molar-refractivity contribution < 1.29 is 0 Å². The van der Waals surface area contributed by atoms with Gasteiger partial charge in [-0.2, -0.15) is 5.10 Å². The third-order valence-electron chi connectivity index (χ3n) is 2.01. The molecule has 0 aliphatic heterocycles. The smallest absolute Gasteiger partial charge is 0.268 e. The van der Waals surface area contributed by atoms with E-state index < -0.39 is 0 Å². The fourth-order valence-corrected chi connectivity index (χ4v) is 1.20. The van der Waals surface area contributed by atoms with E-state index in [4.69, 9.17) is 0 Å². The van der Waals surface area contributed by atoms with Crippen molar-refractivity contribution in [3.63, 3.8) is 0 Å². The molecule has 1 N–H and O–H groups in total. The van der Waals surface area contributed by atoms with Crippen LogP contribution in [0.2, 0.25) is 0 Å². The summed E-state index contributed by atoms with van der Waals surface area (Å²) in [4.78, 5) is 13.6. The number of hydrogen-bond donors (Lipinski definition) is 1. The van der Waals surface area contributed by atoms with Gasteiger partial charge in [0.2, 0.25) is 0 Å². The van der Waals surface area contributed by atoms with Gasteiger partial charge in [0, 0.05) is 19.2 Å². The van der Waals surface area contributed by atoms with E-state index in [2.05, 4.69) is 10.4 Å². The van der Waals surface area contributed by atoms with Crippen LogP contribution in [0.25, 0.3) is 0 Å². The number of likely N-dealkylation sites (N-methyl/N-ethyl adjacent to an activating group) is 1. The van der Waals surface area contributed by atoms with Crippen molar-refractivity contribution >= 4 is 5.69 Å². The molecule has 1 rings (SSSR count). The van der Waals surface area contributed by atoms with Crippen LogP contribution in [0.4, 0.5) is 5.69 Å². The Hall–Kier alpha value is -1.36. The molecule has 5 heteroatoms. The van der Waals surface area contributed by atoms with Crippen molar-refractivity contribution in [3.05, 3.63) is 22.6 Å². The van der Waals surface area contributed by atoms with Crippen LogP contribution in [0.5, 0.6) is 0 Å². The predicted octanol–water partition coefficient (Wildman–Crippen LogP) is 0.237. The second kappa shape index (κ2) is 5.50. The van der Waals surface area contributed by atoms with Crippen molar-refractivity contribution in [2.75, 3.05) is 32.5 Å². The van der Waals surface area contributed by atoms with Gasteiger partial charge in [0.25, 0.3) is 5.56 Å². The summed E-state index contributed by atoms with van der Waals surface area (Å²) in [5.74, 6) is 0. The van der Waals surface area contributed by atoms with E-state index in [1.54, 1.807) is 12.3 Å². The molecule has 5 nitrogen and oxygen atoms in total. The molecule has 0 radical (unpaired) electrons. The quantitative estimate of drug-likeness (QED) is 0.756. The maximum atomic E-state index is 11.6. The van der Waals surface area contributed by atoms with Crippen LogP contribution in [0.1, 0.15) is 6.92 Å². The molecule has 0 aliphatic carbocycles. The van der Waals surface area contributed by atoms with E-state index >= 15 is 0 Å². The lowest BCUT2D eigenvalue weighted by atomic mass is 10.4. The normalized spacial score (nSPS) is 10.7. The molecule has 1 aromatic rings. The zero-order valence-corrected chi connectivity index (χ0v) is 9.53. The summed E-state index contributed by atoms with van der Waals surface area (Å²) in [5.41, 5.74) is 0.721. The van der Waals surface area contributed by atoms with Crippen molar-refractivity contribution in [2.24, 2.45) is 0 Å². The maximum Gasteiger partial charge on any atom is 0.268 e. The van der Waals surface area contributed by atoms with Gasteiger partial charge in [0.1, 0.15) is 0 Å². The first-order chi connectivity index (χ1) is 7.13. The largest absolute Gasteiger partial charge is 0.384 e. The van der Waals surface area contributed by atoms with Gasteiger partial charge in [-0.1, -0.05) is 0 Å². The van der Waals surface area contributed by atoms with E-state index in [-0.39, 0.29) is 5.56 Å². The van der Waals surface area contributed by atoms with Gasteiger partial charge in [-0.15, -0.1) is 0 Å². The van der Waals surface area contributed by atoms with Crippen LogP contribution < -0.4 is 10.9 Å². The second-order valence-electron chi connectivity index (χ2n) is 3.64. The van der Waals surface area contributed by atoms with Crippen molar-refractivity contribution in [3.8, 4) is 0 Å². The highest BCUT2D eigenvalue weighted by Crippen LogP contribution is 1.97. The fourth-order valence-electron chi connectivity index (χ4n) is 1.20. The van der Waals surface area contributed by atoms with E-state index in [1.807, 2.05) is 25.9 Å². The lowest BCUT2D eigenvalue weighted by Crippen LogP contribution is -2.28. The molecule has 0 unspecified atom stereocenters. The summed E-state index contributed by atoms with van der Waals surface area (Å²) in [6.45, 7) is 4.21. The van der Waals surface area contributed by atoms with Crippen LogP contribution in [-0.2, 0) is 6.54 Å². The number of nitrogens with one attached hydrogen (secondary N) is 1. The lowest BCUT2D eigenvalue weighted by Gasteiger charge is -2.10. The SMILES string of the molecule is CCNc1cnn(CCN(C)C)c(=O)c1. The Morgan fingerprint density at radius 1 is 1.53 bits per heavy atom. The molecule has 0 atom stereocenters. The van der Waals surface area contributed by atoms with Crippen LogP contribution in [0.15, 0.2) is 17.1 Å². The summed E-state index contributed by atoms with van der Waals surface area (Å²) in [6.07, 6.45) is 1.68. The number of nitrogens with zero attached hydrogens (tertiary/aromatic N) is 3. The van der Waals surface area contributed by atoms with Crippen molar-refractivity contribution in [2.45, 2.75) is 13.5 Å². The topological polar surface area (TPSA) is 50.2 Å². The average Bonchev–Trinajstić information content (AvgIpc) is 2.17. The van der Waals surface area contributed by atoms with Crippen LogP contribution >= 0.6 is 0 Å². The monoisotopic (exact) mass is 210 g/mol. The third kappa shape index (κ3) is 3.71. The Morgan fingerprint density at radius 3 is 2.80 bits per heavy atom. The van der Waals surface area contributed by atoms with Gasteiger partial charge >= 0.3 is 0 Å². The second-order valence-corrected chi connectivity index (χ2v) is 3.64. The molecule has 0 aliphatic rings. The first-order valence-electron chi connectivity index (χ1n) is 5.09. The number of hydrogen-bond acceptors (Lipinski definition) is 4. The molecule has 0 fully saturated rings. The summed E-state index contributed by atoms with van der Waals surface area (Å²) in [5, 5.41) is 7.14.